The maximum absolute atomic E-state index is 12.9. The maximum Gasteiger partial charge on any atom is 0.335 e. The number of carbonyl (C=O) groups is 2. The maximum atomic E-state index is 12.9. The average Bonchev–Trinajstić information content (AvgIpc) is 3.00. The van der Waals surface area contributed by atoms with Gasteiger partial charge in [0.2, 0.25) is 0 Å². The van der Waals surface area contributed by atoms with E-state index in [1.54, 1.807) is 11.0 Å². The van der Waals surface area contributed by atoms with E-state index in [0.29, 0.717) is 31.1 Å². The largest absolute Gasteiger partial charge is 0.494 e. The summed E-state index contributed by atoms with van der Waals surface area (Å²) in [5.41, 5.74) is 0.397. The normalized spacial score (nSPS) is 17.3. The first-order chi connectivity index (χ1) is 11.4. The number of rotatable bonds is 7. The van der Waals surface area contributed by atoms with Gasteiger partial charge in [-0.15, -0.1) is 0 Å². The molecule has 1 aliphatic rings. The van der Waals surface area contributed by atoms with Gasteiger partial charge in [0, 0.05) is 12.1 Å². The van der Waals surface area contributed by atoms with E-state index in [4.69, 9.17) is 9.47 Å². The third-order valence-electron chi connectivity index (χ3n) is 3.97. The van der Waals surface area contributed by atoms with Crippen molar-refractivity contribution in [3.63, 3.8) is 0 Å². The van der Waals surface area contributed by atoms with Gasteiger partial charge in [-0.25, -0.2) is 4.79 Å². The SMILES string of the molecule is CCOc1cc(C(=O)O)cc(C(=O)N2CCC[C@@H]2COC(C)C)c1. The van der Waals surface area contributed by atoms with Crippen LogP contribution in [0.15, 0.2) is 18.2 Å². The third kappa shape index (κ3) is 4.47. The van der Waals surface area contributed by atoms with Gasteiger partial charge < -0.3 is 19.5 Å². The van der Waals surface area contributed by atoms with Crippen LogP contribution in [-0.2, 0) is 4.74 Å². The number of hydrogen-bond acceptors (Lipinski definition) is 4. The summed E-state index contributed by atoms with van der Waals surface area (Å²) in [6.45, 7) is 7.31. The Balaban J connectivity index is 2.22. The Bertz CT molecular complexity index is 599. The molecule has 0 aromatic heterocycles. The van der Waals surface area contributed by atoms with Crippen LogP contribution in [0.25, 0.3) is 0 Å². The van der Waals surface area contributed by atoms with Crippen molar-refractivity contribution < 1.29 is 24.2 Å². The van der Waals surface area contributed by atoms with E-state index in [1.807, 2.05) is 20.8 Å². The first-order valence-corrected chi connectivity index (χ1v) is 8.36. The van der Waals surface area contributed by atoms with Crippen LogP contribution < -0.4 is 4.74 Å². The van der Waals surface area contributed by atoms with Crippen molar-refractivity contribution in [2.24, 2.45) is 0 Å². The number of nitrogens with zero attached hydrogens (tertiary/aromatic N) is 1. The van der Waals surface area contributed by atoms with Crippen LogP contribution in [0, 0.1) is 0 Å². The predicted octanol–water partition coefficient (Wildman–Crippen LogP) is 2.81. The number of benzene rings is 1. The van der Waals surface area contributed by atoms with Crippen LogP contribution in [-0.4, -0.2) is 53.8 Å². The molecular weight excluding hydrogens is 310 g/mol. The van der Waals surface area contributed by atoms with Crippen molar-refractivity contribution in [2.75, 3.05) is 19.8 Å². The summed E-state index contributed by atoms with van der Waals surface area (Å²) in [7, 11) is 0. The van der Waals surface area contributed by atoms with Gasteiger partial charge in [-0.2, -0.15) is 0 Å². The van der Waals surface area contributed by atoms with Crippen LogP contribution >= 0.6 is 0 Å². The standard InChI is InChI=1S/C18H25NO5/c1-4-23-16-9-13(8-14(10-16)18(21)22)17(20)19-7-5-6-15(19)11-24-12(2)3/h8-10,12,15H,4-7,11H2,1-3H3,(H,21,22)/t15-/m1/s1. The van der Waals surface area contributed by atoms with Gasteiger partial charge in [-0.05, 0) is 51.8 Å². The highest BCUT2D eigenvalue weighted by atomic mass is 16.5. The van der Waals surface area contributed by atoms with Crippen molar-refractivity contribution in [3.05, 3.63) is 29.3 Å². The van der Waals surface area contributed by atoms with Crippen LogP contribution in [0.3, 0.4) is 0 Å². The minimum Gasteiger partial charge on any atom is -0.494 e. The topological polar surface area (TPSA) is 76.1 Å². The van der Waals surface area contributed by atoms with E-state index in [-0.39, 0.29) is 23.6 Å². The van der Waals surface area contributed by atoms with Crippen molar-refractivity contribution in [2.45, 2.75) is 45.8 Å². The van der Waals surface area contributed by atoms with Crippen molar-refractivity contribution >= 4 is 11.9 Å². The predicted molar refractivity (Wildman–Crippen MR) is 89.7 cm³/mol. The van der Waals surface area contributed by atoms with Gasteiger partial charge in [-0.1, -0.05) is 0 Å². The molecule has 24 heavy (non-hydrogen) atoms. The van der Waals surface area contributed by atoms with Gasteiger partial charge in [-0.3, -0.25) is 4.79 Å². The van der Waals surface area contributed by atoms with E-state index in [9.17, 15) is 14.7 Å². The Morgan fingerprint density at radius 1 is 1.29 bits per heavy atom. The Morgan fingerprint density at radius 3 is 2.62 bits per heavy atom. The molecule has 1 heterocycles. The van der Waals surface area contributed by atoms with Crippen LogP contribution in [0.1, 0.15) is 54.3 Å². The minimum absolute atomic E-state index is 0.0314. The fourth-order valence-electron chi connectivity index (χ4n) is 2.84. The van der Waals surface area contributed by atoms with E-state index in [0.717, 1.165) is 12.8 Å². The van der Waals surface area contributed by atoms with Gasteiger partial charge in [0.05, 0.1) is 30.9 Å². The third-order valence-corrected chi connectivity index (χ3v) is 3.97. The quantitative estimate of drug-likeness (QED) is 0.829. The summed E-state index contributed by atoms with van der Waals surface area (Å²) < 4.78 is 11.1. The van der Waals surface area contributed by atoms with Gasteiger partial charge in [0.25, 0.3) is 5.91 Å². The Morgan fingerprint density at radius 2 is 2.00 bits per heavy atom. The molecule has 1 atom stereocenters. The number of aromatic carboxylic acids is 1. The highest BCUT2D eigenvalue weighted by Gasteiger charge is 2.30. The molecule has 6 heteroatoms. The number of carboxylic acids is 1. The summed E-state index contributed by atoms with van der Waals surface area (Å²) >= 11 is 0. The van der Waals surface area contributed by atoms with E-state index >= 15 is 0 Å². The Labute approximate surface area is 142 Å². The van der Waals surface area contributed by atoms with Gasteiger partial charge in [0.15, 0.2) is 0 Å². The molecule has 1 aromatic carbocycles. The molecule has 0 spiro atoms. The molecule has 1 amide bonds. The molecule has 1 N–H and O–H groups in total. The molecule has 0 aliphatic carbocycles. The molecule has 1 fully saturated rings. The Kier molecular flexibility index (Phi) is 6.20. The Hall–Kier alpha value is -2.08. The van der Waals surface area contributed by atoms with E-state index in [2.05, 4.69) is 0 Å². The zero-order valence-corrected chi connectivity index (χ0v) is 14.4. The van der Waals surface area contributed by atoms with Crippen LogP contribution in [0.5, 0.6) is 5.75 Å². The zero-order valence-electron chi connectivity index (χ0n) is 14.4. The first kappa shape index (κ1) is 18.3. The molecule has 1 aromatic rings. The molecule has 0 saturated carbocycles. The summed E-state index contributed by atoms with van der Waals surface area (Å²) in [4.78, 5) is 25.9. The molecule has 2 rings (SSSR count). The molecule has 6 nitrogen and oxygen atoms in total. The molecule has 132 valence electrons. The summed E-state index contributed by atoms with van der Waals surface area (Å²) in [5.74, 6) is -0.851. The average molecular weight is 335 g/mol. The lowest BCUT2D eigenvalue weighted by Crippen LogP contribution is -2.38. The second-order valence-electron chi connectivity index (χ2n) is 6.16. The fourth-order valence-corrected chi connectivity index (χ4v) is 2.84. The molecule has 0 unspecified atom stereocenters. The zero-order chi connectivity index (χ0) is 17.7. The smallest absolute Gasteiger partial charge is 0.335 e. The van der Waals surface area contributed by atoms with E-state index < -0.39 is 5.97 Å². The number of ether oxygens (including phenoxy) is 2. The molecule has 1 saturated heterocycles. The highest BCUT2D eigenvalue weighted by Crippen LogP contribution is 2.24. The lowest BCUT2D eigenvalue weighted by atomic mass is 10.1. The second kappa shape index (κ2) is 8.15. The lowest BCUT2D eigenvalue weighted by Gasteiger charge is -2.25. The monoisotopic (exact) mass is 335 g/mol. The second-order valence-corrected chi connectivity index (χ2v) is 6.16. The number of amides is 1. The first-order valence-electron chi connectivity index (χ1n) is 8.36. The minimum atomic E-state index is -1.08. The summed E-state index contributed by atoms with van der Waals surface area (Å²) in [6.07, 6.45) is 1.94. The summed E-state index contributed by atoms with van der Waals surface area (Å²) in [5, 5.41) is 9.25. The fraction of sp³-hybridized carbons (Fsp3) is 0.556. The number of hydrogen-bond donors (Lipinski definition) is 1. The molecular formula is C18H25NO5. The highest BCUT2D eigenvalue weighted by molar-refractivity contribution is 5.98. The van der Waals surface area contributed by atoms with Crippen molar-refractivity contribution in [1.29, 1.82) is 0 Å². The van der Waals surface area contributed by atoms with Gasteiger partial charge in [0.1, 0.15) is 5.75 Å². The lowest BCUT2D eigenvalue weighted by molar-refractivity contribution is 0.0325. The summed E-state index contributed by atoms with van der Waals surface area (Å²) in [6, 6.07) is 4.48. The van der Waals surface area contributed by atoms with E-state index in [1.165, 1.54) is 12.1 Å². The van der Waals surface area contributed by atoms with Crippen molar-refractivity contribution in [3.8, 4) is 5.75 Å². The molecule has 1 aliphatic heterocycles. The van der Waals surface area contributed by atoms with Crippen LogP contribution in [0.4, 0.5) is 0 Å². The van der Waals surface area contributed by atoms with Crippen LogP contribution in [0.2, 0.25) is 0 Å². The number of carbonyl (C=O) groups excluding carboxylic acids is 1. The van der Waals surface area contributed by atoms with Gasteiger partial charge >= 0.3 is 5.97 Å². The number of likely N-dealkylation sites (tertiary alicyclic amines) is 1. The molecule has 0 bridgehead atoms. The van der Waals surface area contributed by atoms with Crippen molar-refractivity contribution in [1.82, 2.24) is 4.90 Å². The number of carboxylic acid groups (broad SMARTS) is 1. The molecule has 0 radical (unpaired) electrons.